The molecule has 62 heavy (non-hydrogen) atoms. The zero-order chi connectivity index (χ0) is 45.1. The van der Waals surface area contributed by atoms with Gasteiger partial charge in [-0.3, -0.25) is 14.4 Å². The molecule has 0 aromatic rings. The highest BCUT2D eigenvalue weighted by atomic mass is 16.6. The van der Waals surface area contributed by atoms with Crippen LogP contribution in [0.15, 0.2) is 0 Å². The monoisotopic (exact) mass is 877 g/mol. The smallest absolute Gasteiger partial charge is 0.306 e. The Bertz CT molecular complexity index is 920. The summed E-state index contributed by atoms with van der Waals surface area (Å²) in [5.74, 6) is -0.856. The third-order valence-electron chi connectivity index (χ3n) is 12.9. The Morgan fingerprint density at radius 1 is 0.258 bits per heavy atom. The van der Waals surface area contributed by atoms with Gasteiger partial charge in [-0.2, -0.15) is 0 Å². The van der Waals surface area contributed by atoms with E-state index in [4.69, 9.17) is 14.2 Å². The first kappa shape index (κ1) is 60.4. The lowest BCUT2D eigenvalue weighted by atomic mass is 10.0. The fourth-order valence-corrected chi connectivity index (χ4v) is 8.62. The molecule has 6 heteroatoms. The quantitative estimate of drug-likeness (QED) is 0.0344. The number of hydrogen-bond donors (Lipinski definition) is 0. The molecule has 1 unspecified atom stereocenters. The summed E-state index contributed by atoms with van der Waals surface area (Å²) in [5.41, 5.74) is 0. The number of carbonyl (C=O) groups excluding carboxylic acids is 3. The average molecular weight is 877 g/mol. The van der Waals surface area contributed by atoms with Crippen LogP contribution in [0.1, 0.15) is 323 Å². The van der Waals surface area contributed by atoms with Crippen LogP contribution in [0, 0.1) is 0 Å². The van der Waals surface area contributed by atoms with Crippen LogP contribution in [0.25, 0.3) is 0 Å². The molecule has 0 radical (unpaired) electrons. The Kier molecular flexibility index (Phi) is 50.7. The van der Waals surface area contributed by atoms with E-state index in [2.05, 4.69) is 20.8 Å². The van der Waals surface area contributed by atoms with E-state index in [-0.39, 0.29) is 31.1 Å². The lowest BCUT2D eigenvalue weighted by molar-refractivity contribution is -0.167. The number of rotatable bonds is 52. The van der Waals surface area contributed by atoms with Gasteiger partial charge >= 0.3 is 17.9 Å². The minimum Gasteiger partial charge on any atom is -0.462 e. The fourth-order valence-electron chi connectivity index (χ4n) is 8.62. The summed E-state index contributed by atoms with van der Waals surface area (Å²) >= 11 is 0. The Morgan fingerprint density at radius 2 is 0.435 bits per heavy atom. The first-order chi connectivity index (χ1) is 30.5. The van der Waals surface area contributed by atoms with Crippen molar-refractivity contribution in [3.05, 3.63) is 0 Å². The van der Waals surface area contributed by atoms with Crippen molar-refractivity contribution < 1.29 is 28.6 Å². The van der Waals surface area contributed by atoms with Crippen LogP contribution in [0.5, 0.6) is 0 Å². The molecule has 0 N–H and O–H groups in total. The molecule has 0 rings (SSSR count). The number of unbranched alkanes of at least 4 members (excludes halogenated alkanes) is 41. The molecule has 0 aromatic carbocycles. The number of esters is 3. The molecule has 0 saturated carbocycles. The van der Waals surface area contributed by atoms with Gasteiger partial charge in [0.15, 0.2) is 6.10 Å². The van der Waals surface area contributed by atoms with E-state index in [1.54, 1.807) is 0 Å². The topological polar surface area (TPSA) is 78.9 Å². The van der Waals surface area contributed by atoms with Crippen molar-refractivity contribution in [2.24, 2.45) is 0 Å². The van der Waals surface area contributed by atoms with Gasteiger partial charge in [-0.05, 0) is 19.3 Å². The molecule has 0 heterocycles. The molecule has 0 aliphatic rings. The van der Waals surface area contributed by atoms with Crippen molar-refractivity contribution in [1.29, 1.82) is 0 Å². The van der Waals surface area contributed by atoms with Crippen molar-refractivity contribution in [3.8, 4) is 0 Å². The van der Waals surface area contributed by atoms with Crippen LogP contribution >= 0.6 is 0 Å². The van der Waals surface area contributed by atoms with Crippen LogP contribution in [0.3, 0.4) is 0 Å². The van der Waals surface area contributed by atoms with Gasteiger partial charge in [0, 0.05) is 19.3 Å². The molecule has 6 nitrogen and oxygen atoms in total. The Labute approximate surface area is 387 Å². The van der Waals surface area contributed by atoms with Gasteiger partial charge in [-0.15, -0.1) is 0 Å². The highest BCUT2D eigenvalue weighted by molar-refractivity contribution is 5.71. The summed E-state index contributed by atoms with van der Waals surface area (Å²) in [7, 11) is 0. The number of ether oxygens (including phenoxy) is 3. The van der Waals surface area contributed by atoms with E-state index in [1.807, 2.05) is 0 Å². The zero-order valence-corrected chi connectivity index (χ0v) is 42.2. The average Bonchev–Trinajstić information content (AvgIpc) is 3.27. The van der Waals surface area contributed by atoms with E-state index in [1.165, 1.54) is 218 Å². The molecule has 0 saturated heterocycles. The molecule has 368 valence electrons. The minimum absolute atomic E-state index is 0.0631. The Hall–Kier alpha value is -1.59. The van der Waals surface area contributed by atoms with Crippen LogP contribution in [0.4, 0.5) is 0 Å². The number of carbonyl (C=O) groups is 3. The SMILES string of the molecule is CCCCCCCCCCCCCCCCCCCCCCCCCCCCC(=O)OCC(COC(=O)CCCCCCC)OC(=O)CCCCCCCCCCCCCCC. The van der Waals surface area contributed by atoms with E-state index in [0.29, 0.717) is 19.3 Å². The molecule has 0 amide bonds. The van der Waals surface area contributed by atoms with Crippen molar-refractivity contribution in [3.63, 3.8) is 0 Å². The van der Waals surface area contributed by atoms with Gasteiger partial charge in [0.1, 0.15) is 13.2 Å². The molecule has 0 bridgehead atoms. The van der Waals surface area contributed by atoms with Gasteiger partial charge in [0.2, 0.25) is 0 Å². The lowest BCUT2D eigenvalue weighted by Crippen LogP contribution is -2.30. The highest BCUT2D eigenvalue weighted by Gasteiger charge is 2.19. The minimum atomic E-state index is -0.758. The van der Waals surface area contributed by atoms with Crippen molar-refractivity contribution in [2.45, 2.75) is 329 Å². The van der Waals surface area contributed by atoms with Crippen LogP contribution in [-0.2, 0) is 28.6 Å². The maximum atomic E-state index is 12.7. The van der Waals surface area contributed by atoms with E-state index >= 15 is 0 Å². The van der Waals surface area contributed by atoms with Gasteiger partial charge in [-0.25, -0.2) is 0 Å². The fraction of sp³-hybridized carbons (Fsp3) is 0.946. The van der Waals surface area contributed by atoms with Crippen LogP contribution in [-0.4, -0.2) is 37.2 Å². The summed E-state index contributed by atoms with van der Waals surface area (Å²) in [6, 6.07) is 0. The second-order valence-corrected chi connectivity index (χ2v) is 19.2. The van der Waals surface area contributed by atoms with Gasteiger partial charge < -0.3 is 14.2 Å². The second-order valence-electron chi connectivity index (χ2n) is 19.2. The van der Waals surface area contributed by atoms with Gasteiger partial charge in [-0.1, -0.05) is 284 Å². The molecule has 0 spiro atoms. The van der Waals surface area contributed by atoms with Crippen molar-refractivity contribution >= 4 is 17.9 Å². The molecule has 1 atom stereocenters. The van der Waals surface area contributed by atoms with E-state index < -0.39 is 6.10 Å². The summed E-state index contributed by atoms with van der Waals surface area (Å²) in [6.45, 7) is 6.61. The van der Waals surface area contributed by atoms with Crippen LogP contribution < -0.4 is 0 Å². The molecular formula is C56H108O6. The Morgan fingerprint density at radius 3 is 0.645 bits per heavy atom. The predicted octanol–water partition coefficient (Wildman–Crippen LogP) is 18.4. The lowest BCUT2D eigenvalue weighted by Gasteiger charge is -2.18. The molecule has 0 aliphatic heterocycles. The normalized spacial score (nSPS) is 11.9. The van der Waals surface area contributed by atoms with E-state index in [0.717, 1.165) is 64.2 Å². The number of hydrogen-bond acceptors (Lipinski definition) is 6. The van der Waals surface area contributed by atoms with Crippen LogP contribution in [0.2, 0.25) is 0 Å². The maximum Gasteiger partial charge on any atom is 0.306 e. The highest BCUT2D eigenvalue weighted by Crippen LogP contribution is 2.18. The first-order valence-corrected chi connectivity index (χ1v) is 28.0. The molecule has 0 fully saturated rings. The largest absolute Gasteiger partial charge is 0.462 e. The van der Waals surface area contributed by atoms with Crippen molar-refractivity contribution in [1.82, 2.24) is 0 Å². The van der Waals surface area contributed by atoms with Gasteiger partial charge in [0.25, 0.3) is 0 Å². The molecular weight excluding hydrogens is 769 g/mol. The summed E-state index contributed by atoms with van der Waals surface area (Å²) in [6.07, 6.45) is 57.2. The maximum absolute atomic E-state index is 12.7. The standard InChI is InChI=1S/C56H108O6/c1-4-7-10-13-15-17-19-21-22-23-24-25-26-27-28-29-30-31-32-33-35-36-38-40-43-46-49-55(58)61-52-53(51-60-54(57)48-45-42-12-9-6-3)62-56(59)50-47-44-41-39-37-34-20-18-16-14-11-8-5-2/h53H,4-52H2,1-3H3. The first-order valence-electron chi connectivity index (χ1n) is 28.0. The molecule has 0 aromatic heterocycles. The Balaban J connectivity index is 3.94. The summed E-state index contributed by atoms with van der Waals surface area (Å²) in [4.78, 5) is 37.7. The summed E-state index contributed by atoms with van der Waals surface area (Å²) < 4.78 is 16.7. The zero-order valence-electron chi connectivity index (χ0n) is 42.2. The van der Waals surface area contributed by atoms with Crippen molar-refractivity contribution in [2.75, 3.05) is 13.2 Å². The predicted molar refractivity (Wildman–Crippen MR) is 266 cm³/mol. The van der Waals surface area contributed by atoms with Gasteiger partial charge in [0.05, 0.1) is 0 Å². The van der Waals surface area contributed by atoms with E-state index in [9.17, 15) is 14.4 Å². The second kappa shape index (κ2) is 52.0. The summed E-state index contributed by atoms with van der Waals surface area (Å²) in [5, 5.41) is 0. The third kappa shape index (κ3) is 49.4. The molecule has 0 aliphatic carbocycles. The third-order valence-corrected chi connectivity index (χ3v) is 12.9.